The lowest BCUT2D eigenvalue weighted by atomic mass is 9.99. The third-order valence-electron chi connectivity index (χ3n) is 2.48. The van der Waals surface area contributed by atoms with E-state index in [1.165, 1.54) is 12.8 Å². The number of hydrogen-bond donors (Lipinski definition) is 2. The maximum Gasteiger partial charge on any atom is 0.101 e. The van der Waals surface area contributed by atoms with Crippen LogP contribution in [0, 0.1) is 5.92 Å². The molecule has 0 aliphatic carbocycles. The van der Waals surface area contributed by atoms with Crippen molar-refractivity contribution in [3.05, 3.63) is 0 Å². The van der Waals surface area contributed by atoms with Gasteiger partial charge in [0.2, 0.25) is 0 Å². The molecular weight excluding hydrogens is 182 g/mol. The predicted molar refractivity (Wildman–Crippen MR) is 54.3 cm³/mol. The van der Waals surface area contributed by atoms with Gasteiger partial charge in [-0.25, -0.2) is 0 Å². The average molecular weight is 203 g/mol. The van der Waals surface area contributed by atoms with Crippen molar-refractivity contribution in [3.8, 4) is 0 Å². The van der Waals surface area contributed by atoms with Crippen molar-refractivity contribution in [2.75, 3.05) is 40.0 Å². The van der Waals surface area contributed by atoms with Crippen LogP contribution in [0.4, 0.5) is 0 Å². The molecule has 84 valence electrons. The largest absolute Gasteiger partial charge is 0.388 e. The molecule has 1 heterocycles. The Balaban J connectivity index is 1.96. The van der Waals surface area contributed by atoms with Gasteiger partial charge in [-0.1, -0.05) is 0 Å². The SMILES string of the molecule is COCC(O)COCC1CCNCC1. The topological polar surface area (TPSA) is 50.7 Å². The van der Waals surface area contributed by atoms with Gasteiger partial charge in [-0.3, -0.25) is 0 Å². The van der Waals surface area contributed by atoms with Gasteiger partial charge in [0.1, 0.15) is 6.10 Å². The molecule has 0 aromatic rings. The lowest BCUT2D eigenvalue weighted by Gasteiger charge is -2.22. The molecule has 0 amide bonds. The van der Waals surface area contributed by atoms with E-state index in [9.17, 15) is 5.11 Å². The molecule has 1 unspecified atom stereocenters. The molecule has 0 spiro atoms. The van der Waals surface area contributed by atoms with Gasteiger partial charge in [-0.15, -0.1) is 0 Å². The minimum Gasteiger partial charge on any atom is -0.388 e. The van der Waals surface area contributed by atoms with Crippen LogP contribution >= 0.6 is 0 Å². The summed E-state index contributed by atoms with van der Waals surface area (Å²) in [6.45, 7) is 3.69. The number of methoxy groups -OCH3 is 1. The van der Waals surface area contributed by atoms with Crippen molar-refractivity contribution in [3.63, 3.8) is 0 Å². The first kappa shape index (κ1) is 11.9. The van der Waals surface area contributed by atoms with Crippen molar-refractivity contribution in [1.82, 2.24) is 5.32 Å². The Morgan fingerprint density at radius 3 is 2.71 bits per heavy atom. The monoisotopic (exact) mass is 203 g/mol. The Labute approximate surface area is 85.6 Å². The Kier molecular flexibility index (Phi) is 6.10. The predicted octanol–water partition coefficient (Wildman–Crippen LogP) is 0.00990. The molecule has 0 saturated carbocycles. The van der Waals surface area contributed by atoms with Crippen LogP contribution in [0.3, 0.4) is 0 Å². The van der Waals surface area contributed by atoms with Crippen molar-refractivity contribution < 1.29 is 14.6 Å². The van der Waals surface area contributed by atoms with Gasteiger partial charge in [-0.2, -0.15) is 0 Å². The Hall–Kier alpha value is -0.160. The highest BCUT2D eigenvalue weighted by Gasteiger charge is 2.13. The second-order valence-electron chi connectivity index (χ2n) is 3.84. The smallest absolute Gasteiger partial charge is 0.101 e. The van der Waals surface area contributed by atoms with Crippen LogP contribution in [-0.4, -0.2) is 51.2 Å². The molecule has 0 radical (unpaired) electrons. The molecule has 0 bridgehead atoms. The third-order valence-corrected chi connectivity index (χ3v) is 2.48. The average Bonchev–Trinajstić information content (AvgIpc) is 2.20. The molecule has 2 N–H and O–H groups in total. The number of rotatable bonds is 6. The van der Waals surface area contributed by atoms with Crippen molar-refractivity contribution in [1.29, 1.82) is 0 Å². The molecular formula is C10H21NO3. The first-order chi connectivity index (χ1) is 6.83. The van der Waals surface area contributed by atoms with Gasteiger partial charge < -0.3 is 19.9 Å². The van der Waals surface area contributed by atoms with Crippen LogP contribution in [0.25, 0.3) is 0 Å². The quantitative estimate of drug-likeness (QED) is 0.638. The van der Waals surface area contributed by atoms with Crippen LogP contribution in [0.15, 0.2) is 0 Å². The number of aliphatic hydroxyl groups excluding tert-OH is 1. The molecule has 1 aliphatic rings. The van der Waals surface area contributed by atoms with E-state index in [4.69, 9.17) is 9.47 Å². The normalized spacial score (nSPS) is 21.0. The Morgan fingerprint density at radius 2 is 2.07 bits per heavy atom. The standard InChI is InChI=1S/C10H21NO3/c1-13-7-10(12)8-14-6-9-2-4-11-5-3-9/h9-12H,2-8H2,1H3. The number of aliphatic hydroxyl groups is 1. The van der Waals surface area contributed by atoms with Crippen LogP contribution in [0.2, 0.25) is 0 Å². The summed E-state index contributed by atoms with van der Waals surface area (Å²) >= 11 is 0. The van der Waals surface area contributed by atoms with E-state index in [-0.39, 0.29) is 0 Å². The lowest BCUT2D eigenvalue weighted by molar-refractivity contribution is -0.0175. The summed E-state index contributed by atoms with van der Waals surface area (Å²) in [5, 5.41) is 12.6. The van der Waals surface area contributed by atoms with Crippen molar-refractivity contribution >= 4 is 0 Å². The minimum atomic E-state index is -0.485. The molecule has 0 aromatic heterocycles. The van der Waals surface area contributed by atoms with E-state index in [0.29, 0.717) is 19.1 Å². The molecule has 0 aromatic carbocycles. The summed E-state index contributed by atoms with van der Waals surface area (Å²) in [7, 11) is 1.58. The van der Waals surface area contributed by atoms with Crippen LogP contribution < -0.4 is 5.32 Å². The number of hydrogen-bond acceptors (Lipinski definition) is 4. The summed E-state index contributed by atoms with van der Waals surface area (Å²) in [6, 6.07) is 0. The van der Waals surface area contributed by atoms with E-state index >= 15 is 0 Å². The van der Waals surface area contributed by atoms with Crippen LogP contribution in [0.1, 0.15) is 12.8 Å². The summed E-state index contributed by atoms with van der Waals surface area (Å²) in [6.07, 6.45) is 1.88. The maximum atomic E-state index is 9.32. The molecule has 1 saturated heterocycles. The number of nitrogens with one attached hydrogen (secondary N) is 1. The van der Waals surface area contributed by atoms with Gasteiger partial charge in [0.05, 0.1) is 13.2 Å². The highest BCUT2D eigenvalue weighted by Crippen LogP contribution is 2.11. The second-order valence-corrected chi connectivity index (χ2v) is 3.84. The molecule has 1 aliphatic heterocycles. The zero-order valence-electron chi connectivity index (χ0n) is 8.87. The highest BCUT2D eigenvalue weighted by molar-refractivity contribution is 4.67. The van der Waals surface area contributed by atoms with E-state index in [1.807, 2.05) is 0 Å². The summed E-state index contributed by atoms with van der Waals surface area (Å²) in [4.78, 5) is 0. The summed E-state index contributed by atoms with van der Waals surface area (Å²) in [5.41, 5.74) is 0. The summed E-state index contributed by atoms with van der Waals surface area (Å²) in [5.74, 6) is 0.658. The molecule has 1 fully saturated rings. The van der Waals surface area contributed by atoms with Crippen LogP contribution in [-0.2, 0) is 9.47 Å². The van der Waals surface area contributed by atoms with E-state index in [2.05, 4.69) is 5.32 Å². The van der Waals surface area contributed by atoms with Crippen molar-refractivity contribution in [2.24, 2.45) is 5.92 Å². The number of ether oxygens (including phenoxy) is 2. The molecule has 14 heavy (non-hydrogen) atoms. The first-order valence-electron chi connectivity index (χ1n) is 5.28. The number of piperidine rings is 1. The Bertz CT molecular complexity index is 137. The molecule has 4 nitrogen and oxygen atoms in total. The minimum absolute atomic E-state index is 0.353. The molecule has 1 atom stereocenters. The zero-order valence-corrected chi connectivity index (χ0v) is 8.87. The highest BCUT2D eigenvalue weighted by atomic mass is 16.5. The molecule has 4 heteroatoms. The van der Waals surface area contributed by atoms with Gasteiger partial charge in [0.15, 0.2) is 0 Å². The maximum absolute atomic E-state index is 9.32. The van der Waals surface area contributed by atoms with E-state index < -0.39 is 6.10 Å². The third kappa shape index (κ3) is 4.91. The first-order valence-corrected chi connectivity index (χ1v) is 5.28. The Morgan fingerprint density at radius 1 is 1.36 bits per heavy atom. The van der Waals surface area contributed by atoms with Crippen molar-refractivity contribution in [2.45, 2.75) is 18.9 Å². The fraction of sp³-hybridized carbons (Fsp3) is 1.00. The van der Waals surface area contributed by atoms with E-state index in [1.54, 1.807) is 7.11 Å². The fourth-order valence-electron chi connectivity index (χ4n) is 1.66. The van der Waals surface area contributed by atoms with Gasteiger partial charge in [0, 0.05) is 13.7 Å². The van der Waals surface area contributed by atoms with Crippen LogP contribution in [0.5, 0.6) is 0 Å². The zero-order chi connectivity index (χ0) is 10.2. The van der Waals surface area contributed by atoms with Gasteiger partial charge >= 0.3 is 0 Å². The summed E-state index contributed by atoms with van der Waals surface area (Å²) < 4.78 is 10.2. The lowest BCUT2D eigenvalue weighted by Crippen LogP contribution is -2.31. The van der Waals surface area contributed by atoms with E-state index in [0.717, 1.165) is 19.7 Å². The second kappa shape index (κ2) is 7.17. The fourth-order valence-corrected chi connectivity index (χ4v) is 1.66. The van der Waals surface area contributed by atoms with Gasteiger partial charge in [-0.05, 0) is 31.8 Å². The molecule has 1 rings (SSSR count). The van der Waals surface area contributed by atoms with Gasteiger partial charge in [0.25, 0.3) is 0 Å².